The Morgan fingerprint density at radius 3 is 2.48 bits per heavy atom. The fourth-order valence-corrected chi connectivity index (χ4v) is 2.01. The maximum absolute atomic E-state index is 12.2. The van der Waals surface area contributed by atoms with Crippen LogP contribution >= 0.6 is 11.6 Å². The second-order valence-corrected chi connectivity index (χ2v) is 6.01. The van der Waals surface area contributed by atoms with E-state index in [-0.39, 0.29) is 0 Å². The summed E-state index contributed by atoms with van der Waals surface area (Å²) < 4.78 is 5.39. The Labute approximate surface area is 128 Å². The molecule has 6 heteroatoms. The van der Waals surface area contributed by atoms with Gasteiger partial charge in [-0.3, -0.25) is 4.90 Å². The minimum atomic E-state index is -0.545. The van der Waals surface area contributed by atoms with Gasteiger partial charge < -0.3 is 4.74 Å². The predicted octanol–water partition coefficient (Wildman–Crippen LogP) is 4.04. The Morgan fingerprint density at radius 2 is 1.86 bits per heavy atom. The van der Waals surface area contributed by atoms with Crippen LogP contribution in [0.25, 0.3) is 10.8 Å². The van der Waals surface area contributed by atoms with Crippen LogP contribution in [-0.4, -0.2) is 28.2 Å². The van der Waals surface area contributed by atoms with E-state index in [0.29, 0.717) is 17.5 Å². The first-order valence-electron chi connectivity index (χ1n) is 6.72. The Morgan fingerprint density at radius 1 is 1.24 bits per heavy atom. The highest BCUT2D eigenvalue weighted by molar-refractivity contribution is 6.30. The molecule has 0 N–H and O–H groups in total. The fraction of sp³-hybridized carbons (Fsp3) is 0.400. The van der Waals surface area contributed by atoms with E-state index in [1.165, 1.54) is 4.90 Å². The highest BCUT2D eigenvalue weighted by atomic mass is 35.5. The van der Waals surface area contributed by atoms with E-state index in [0.717, 1.165) is 10.8 Å². The molecule has 21 heavy (non-hydrogen) atoms. The van der Waals surface area contributed by atoms with Gasteiger partial charge in [-0.25, -0.2) is 14.8 Å². The summed E-state index contributed by atoms with van der Waals surface area (Å²) in [5.74, 6) is 0.531. The first kappa shape index (κ1) is 15.5. The highest BCUT2D eigenvalue weighted by Gasteiger charge is 2.23. The van der Waals surface area contributed by atoms with Gasteiger partial charge in [0.05, 0.1) is 0 Å². The van der Waals surface area contributed by atoms with E-state index in [1.54, 1.807) is 24.5 Å². The lowest BCUT2D eigenvalue weighted by molar-refractivity contribution is 0.0581. The minimum absolute atomic E-state index is 0.413. The molecule has 2 heterocycles. The third kappa shape index (κ3) is 3.82. The molecule has 0 aliphatic carbocycles. The SMILES string of the molecule is CCN(C(=O)OC(C)(C)C)c1cc2cnc(Cl)cc2cn1. The molecule has 0 atom stereocenters. The number of anilines is 1. The molecule has 0 radical (unpaired) electrons. The van der Waals surface area contributed by atoms with Crippen LogP contribution in [0.2, 0.25) is 5.15 Å². The zero-order valence-corrected chi connectivity index (χ0v) is 13.3. The van der Waals surface area contributed by atoms with Gasteiger partial charge in [-0.05, 0) is 39.8 Å². The van der Waals surface area contributed by atoms with Crippen molar-refractivity contribution >= 4 is 34.3 Å². The van der Waals surface area contributed by atoms with Crippen molar-refractivity contribution in [1.29, 1.82) is 0 Å². The van der Waals surface area contributed by atoms with Crippen molar-refractivity contribution in [3.63, 3.8) is 0 Å². The number of carbonyl (C=O) groups excluding carboxylic acids is 1. The van der Waals surface area contributed by atoms with Crippen LogP contribution in [0.5, 0.6) is 0 Å². The smallest absolute Gasteiger partial charge is 0.415 e. The van der Waals surface area contributed by atoms with Gasteiger partial charge in [0.2, 0.25) is 0 Å². The van der Waals surface area contributed by atoms with Crippen LogP contribution < -0.4 is 4.90 Å². The third-order valence-electron chi connectivity index (χ3n) is 2.76. The molecule has 0 saturated carbocycles. The van der Waals surface area contributed by atoms with Crippen LogP contribution in [0.1, 0.15) is 27.7 Å². The molecular weight excluding hydrogens is 290 g/mol. The summed E-state index contributed by atoms with van der Waals surface area (Å²) in [6, 6.07) is 3.53. The summed E-state index contributed by atoms with van der Waals surface area (Å²) >= 11 is 5.85. The van der Waals surface area contributed by atoms with Crippen molar-refractivity contribution in [3.05, 3.63) is 29.7 Å². The molecule has 0 aromatic carbocycles. The van der Waals surface area contributed by atoms with Gasteiger partial charge in [-0.15, -0.1) is 0 Å². The molecule has 5 nitrogen and oxygen atoms in total. The quantitative estimate of drug-likeness (QED) is 0.786. The standard InChI is InChI=1S/C15H18ClN3O2/c1-5-19(14(20)21-15(2,3)4)13-7-11-8-17-12(16)6-10(11)9-18-13/h6-9H,5H2,1-4H3. The molecule has 0 bridgehead atoms. The Hall–Kier alpha value is -1.88. The van der Waals surface area contributed by atoms with E-state index in [9.17, 15) is 4.79 Å². The first-order valence-corrected chi connectivity index (χ1v) is 7.10. The third-order valence-corrected chi connectivity index (χ3v) is 2.97. The summed E-state index contributed by atoms with van der Waals surface area (Å²) in [6.45, 7) is 7.83. The van der Waals surface area contributed by atoms with Gasteiger partial charge in [-0.1, -0.05) is 11.6 Å². The number of halogens is 1. The summed E-state index contributed by atoms with van der Waals surface area (Å²) in [7, 11) is 0. The number of amides is 1. The average Bonchev–Trinajstić information content (AvgIpc) is 2.37. The summed E-state index contributed by atoms with van der Waals surface area (Å²) in [4.78, 5) is 22.0. The van der Waals surface area contributed by atoms with Gasteiger partial charge in [0.1, 0.15) is 16.6 Å². The lowest BCUT2D eigenvalue weighted by atomic mass is 10.2. The number of nitrogens with zero attached hydrogens (tertiary/aromatic N) is 3. The van der Waals surface area contributed by atoms with Gasteiger partial charge >= 0.3 is 6.09 Å². The van der Waals surface area contributed by atoms with E-state index < -0.39 is 11.7 Å². The molecule has 2 rings (SSSR count). The Balaban J connectivity index is 2.34. The second-order valence-electron chi connectivity index (χ2n) is 5.62. The van der Waals surface area contributed by atoms with Crippen LogP contribution in [0.3, 0.4) is 0 Å². The predicted molar refractivity (Wildman–Crippen MR) is 83.8 cm³/mol. The first-order chi connectivity index (χ1) is 9.80. The number of hydrogen-bond donors (Lipinski definition) is 0. The monoisotopic (exact) mass is 307 g/mol. The Kier molecular flexibility index (Phi) is 4.32. The Bertz CT molecular complexity index is 668. The lowest BCUT2D eigenvalue weighted by Crippen LogP contribution is -2.37. The van der Waals surface area contributed by atoms with E-state index in [2.05, 4.69) is 9.97 Å². The van der Waals surface area contributed by atoms with Crippen LogP contribution in [0, 0.1) is 0 Å². The number of rotatable bonds is 2. The highest BCUT2D eigenvalue weighted by Crippen LogP contribution is 2.22. The normalized spacial score (nSPS) is 11.5. The zero-order valence-electron chi connectivity index (χ0n) is 12.6. The van der Waals surface area contributed by atoms with Crippen molar-refractivity contribution in [2.75, 3.05) is 11.4 Å². The topological polar surface area (TPSA) is 55.3 Å². The van der Waals surface area contributed by atoms with E-state index in [4.69, 9.17) is 16.3 Å². The fourth-order valence-electron chi connectivity index (χ4n) is 1.85. The summed E-state index contributed by atoms with van der Waals surface area (Å²) in [5.41, 5.74) is -0.545. The molecule has 2 aromatic rings. The van der Waals surface area contributed by atoms with Crippen molar-refractivity contribution in [3.8, 4) is 0 Å². The number of hydrogen-bond acceptors (Lipinski definition) is 4. The number of pyridine rings is 2. The summed E-state index contributed by atoms with van der Waals surface area (Å²) in [6.07, 6.45) is 2.91. The number of fused-ring (bicyclic) bond motifs is 1. The molecule has 0 saturated heterocycles. The van der Waals surface area contributed by atoms with Gasteiger partial charge in [0, 0.05) is 29.7 Å². The maximum Gasteiger partial charge on any atom is 0.415 e. The van der Waals surface area contributed by atoms with E-state index in [1.807, 2.05) is 27.7 Å². The molecule has 0 spiro atoms. The summed E-state index contributed by atoms with van der Waals surface area (Å²) in [5, 5.41) is 2.15. The molecule has 2 aromatic heterocycles. The van der Waals surface area contributed by atoms with Crippen molar-refractivity contribution < 1.29 is 9.53 Å². The molecule has 0 aliphatic rings. The molecule has 0 aliphatic heterocycles. The molecular formula is C15H18ClN3O2. The van der Waals surface area contributed by atoms with Gasteiger partial charge in [0.25, 0.3) is 0 Å². The lowest BCUT2D eigenvalue weighted by Gasteiger charge is -2.26. The molecule has 112 valence electrons. The van der Waals surface area contributed by atoms with Crippen LogP contribution in [0.15, 0.2) is 24.5 Å². The van der Waals surface area contributed by atoms with Crippen molar-refractivity contribution in [1.82, 2.24) is 9.97 Å². The number of ether oxygens (including phenoxy) is 1. The van der Waals surface area contributed by atoms with Crippen LogP contribution in [-0.2, 0) is 4.74 Å². The minimum Gasteiger partial charge on any atom is -0.443 e. The van der Waals surface area contributed by atoms with Crippen LogP contribution in [0.4, 0.5) is 10.6 Å². The maximum atomic E-state index is 12.2. The molecule has 0 fully saturated rings. The zero-order chi connectivity index (χ0) is 15.6. The second kappa shape index (κ2) is 5.85. The van der Waals surface area contributed by atoms with Gasteiger partial charge in [-0.2, -0.15) is 0 Å². The molecule has 1 amide bonds. The largest absolute Gasteiger partial charge is 0.443 e. The number of carbonyl (C=O) groups is 1. The molecule has 0 unspecified atom stereocenters. The average molecular weight is 308 g/mol. The van der Waals surface area contributed by atoms with Gasteiger partial charge in [0.15, 0.2) is 0 Å². The van der Waals surface area contributed by atoms with Crippen molar-refractivity contribution in [2.45, 2.75) is 33.3 Å². The van der Waals surface area contributed by atoms with E-state index >= 15 is 0 Å². The number of aromatic nitrogens is 2. The van der Waals surface area contributed by atoms with Crippen molar-refractivity contribution in [2.24, 2.45) is 0 Å².